The number of aryl methyl sites for hydroxylation is 1. The van der Waals surface area contributed by atoms with Crippen molar-refractivity contribution in [3.05, 3.63) is 57.5 Å². The molecule has 1 aromatic carbocycles. The minimum absolute atomic E-state index is 0.0695. The number of aromatic nitrogens is 2. The van der Waals surface area contributed by atoms with Crippen molar-refractivity contribution in [3.63, 3.8) is 0 Å². The van der Waals surface area contributed by atoms with Crippen LogP contribution in [0.4, 0.5) is 21.2 Å². The molecular formula is C31H43N7O5. The molecule has 0 saturated heterocycles. The smallest absolute Gasteiger partial charge is 0.348 e. The van der Waals surface area contributed by atoms with Gasteiger partial charge in [0.25, 0.3) is 5.56 Å². The second kappa shape index (κ2) is 19.5. The van der Waals surface area contributed by atoms with Crippen molar-refractivity contribution in [2.24, 2.45) is 5.92 Å². The molecule has 0 aliphatic carbocycles. The van der Waals surface area contributed by atoms with Crippen LogP contribution in [0.3, 0.4) is 0 Å². The van der Waals surface area contributed by atoms with Gasteiger partial charge in [0.1, 0.15) is 11.6 Å². The zero-order chi connectivity index (χ0) is 31.5. The Balaban J connectivity index is 1.63. The molecule has 0 spiro atoms. The molecule has 0 fully saturated rings. The summed E-state index contributed by atoms with van der Waals surface area (Å²) < 4.78 is 5.38. The van der Waals surface area contributed by atoms with Crippen LogP contribution in [0.1, 0.15) is 76.5 Å². The van der Waals surface area contributed by atoms with Crippen LogP contribution in [0.2, 0.25) is 0 Å². The molecule has 4 amide bonds. The van der Waals surface area contributed by atoms with E-state index in [1.54, 1.807) is 31.2 Å². The van der Waals surface area contributed by atoms with E-state index in [4.69, 9.17) is 4.74 Å². The SMILES string of the molecule is CCCCC(CC)COC(=O)C(C#N)=Cc1ccc(NC(=O)NCCCCCCNC(=O)Nc2nc(C)cc(=O)[nH]2)cc1. The van der Waals surface area contributed by atoms with Crippen LogP contribution in [0.25, 0.3) is 6.08 Å². The fourth-order valence-electron chi connectivity index (χ4n) is 4.11. The number of hydrogen-bond donors (Lipinski definition) is 5. The van der Waals surface area contributed by atoms with E-state index in [-0.39, 0.29) is 23.1 Å². The number of carbonyl (C=O) groups is 3. The number of benzene rings is 1. The third-order valence-electron chi connectivity index (χ3n) is 6.59. The first-order valence-corrected chi connectivity index (χ1v) is 14.8. The number of anilines is 2. The third-order valence-corrected chi connectivity index (χ3v) is 6.59. The van der Waals surface area contributed by atoms with Crippen molar-refractivity contribution < 1.29 is 19.1 Å². The van der Waals surface area contributed by atoms with Crippen LogP contribution in [0.15, 0.2) is 40.7 Å². The summed E-state index contributed by atoms with van der Waals surface area (Å²) in [6.45, 7) is 7.13. The van der Waals surface area contributed by atoms with Crippen molar-refractivity contribution in [1.82, 2.24) is 20.6 Å². The molecule has 43 heavy (non-hydrogen) atoms. The largest absolute Gasteiger partial charge is 0.461 e. The van der Waals surface area contributed by atoms with Gasteiger partial charge >= 0.3 is 18.0 Å². The number of ether oxygens (including phenoxy) is 1. The van der Waals surface area contributed by atoms with E-state index in [2.05, 4.69) is 45.1 Å². The first-order valence-electron chi connectivity index (χ1n) is 14.8. The lowest BCUT2D eigenvalue weighted by Crippen LogP contribution is -2.31. The van der Waals surface area contributed by atoms with Crippen LogP contribution in [0.5, 0.6) is 0 Å². The molecule has 0 aliphatic heterocycles. The summed E-state index contributed by atoms with van der Waals surface area (Å²) in [5.41, 5.74) is 1.33. The number of unbranched alkanes of at least 4 members (excludes halogenated alkanes) is 4. The third kappa shape index (κ3) is 14.2. The summed E-state index contributed by atoms with van der Waals surface area (Å²) in [6.07, 6.45) is 8.84. The number of aromatic amines is 1. The Morgan fingerprint density at radius 3 is 2.23 bits per heavy atom. The van der Waals surface area contributed by atoms with E-state index in [1.807, 2.05) is 6.07 Å². The van der Waals surface area contributed by atoms with E-state index in [0.29, 0.717) is 42.6 Å². The zero-order valence-corrected chi connectivity index (χ0v) is 25.3. The fraction of sp³-hybridized carbons (Fsp3) is 0.484. The highest BCUT2D eigenvalue weighted by Gasteiger charge is 2.14. The Morgan fingerprint density at radius 2 is 1.65 bits per heavy atom. The average molecular weight is 594 g/mol. The van der Waals surface area contributed by atoms with Crippen molar-refractivity contribution in [1.29, 1.82) is 5.26 Å². The van der Waals surface area contributed by atoms with Crippen molar-refractivity contribution in [2.45, 2.75) is 72.1 Å². The quantitative estimate of drug-likeness (QED) is 0.0719. The Labute approximate surface area is 252 Å². The summed E-state index contributed by atoms with van der Waals surface area (Å²) in [7, 11) is 0. The van der Waals surface area contributed by atoms with Crippen LogP contribution in [0, 0.1) is 24.2 Å². The number of amides is 4. The Kier molecular flexibility index (Phi) is 15.6. The molecule has 0 aliphatic rings. The topological polar surface area (TPSA) is 178 Å². The maximum absolute atomic E-state index is 12.4. The van der Waals surface area contributed by atoms with E-state index in [0.717, 1.165) is 51.4 Å². The summed E-state index contributed by atoms with van der Waals surface area (Å²) in [4.78, 5) is 54.4. The van der Waals surface area contributed by atoms with Gasteiger partial charge in [-0.25, -0.2) is 19.4 Å². The summed E-state index contributed by atoms with van der Waals surface area (Å²) in [5.74, 6) is -0.237. The summed E-state index contributed by atoms with van der Waals surface area (Å²) in [5, 5.41) is 20.2. The van der Waals surface area contributed by atoms with Gasteiger partial charge in [0, 0.05) is 30.5 Å². The van der Waals surface area contributed by atoms with Crippen molar-refractivity contribution in [2.75, 3.05) is 30.3 Å². The highest BCUT2D eigenvalue weighted by Crippen LogP contribution is 2.16. The van der Waals surface area contributed by atoms with Crippen molar-refractivity contribution >= 4 is 35.7 Å². The number of esters is 1. The van der Waals surface area contributed by atoms with Gasteiger partial charge < -0.3 is 20.7 Å². The second-order valence-corrected chi connectivity index (χ2v) is 10.2. The van der Waals surface area contributed by atoms with E-state index in [1.165, 1.54) is 12.1 Å². The number of H-pyrrole nitrogens is 1. The number of urea groups is 2. The molecule has 0 radical (unpaired) electrons. The van der Waals surface area contributed by atoms with Gasteiger partial charge in [-0.05, 0) is 55.9 Å². The molecule has 5 N–H and O–H groups in total. The molecule has 12 heteroatoms. The van der Waals surface area contributed by atoms with Crippen LogP contribution >= 0.6 is 0 Å². The lowest BCUT2D eigenvalue weighted by Gasteiger charge is -2.14. The monoisotopic (exact) mass is 593 g/mol. The number of nitrogens with zero attached hydrogens (tertiary/aromatic N) is 2. The molecule has 2 aromatic rings. The molecule has 12 nitrogen and oxygen atoms in total. The zero-order valence-electron chi connectivity index (χ0n) is 25.3. The molecular weight excluding hydrogens is 550 g/mol. The Hall–Kier alpha value is -4.66. The Bertz CT molecular complexity index is 1320. The molecule has 2 rings (SSSR count). The predicted molar refractivity (Wildman–Crippen MR) is 166 cm³/mol. The number of nitriles is 1. The van der Waals surface area contributed by atoms with Gasteiger partial charge in [-0.3, -0.25) is 15.1 Å². The van der Waals surface area contributed by atoms with Gasteiger partial charge in [-0.15, -0.1) is 0 Å². The molecule has 0 saturated carbocycles. The highest BCUT2D eigenvalue weighted by molar-refractivity contribution is 5.98. The number of rotatable bonds is 17. The van der Waals surface area contributed by atoms with E-state index >= 15 is 0 Å². The van der Waals surface area contributed by atoms with Crippen LogP contribution < -0.4 is 26.8 Å². The maximum atomic E-state index is 12.4. The Morgan fingerprint density at radius 1 is 1.00 bits per heavy atom. The predicted octanol–water partition coefficient (Wildman–Crippen LogP) is 5.25. The first-order chi connectivity index (χ1) is 20.7. The van der Waals surface area contributed by atoms with E-state index in [9.17, 15) is 24.4 Å². The maximum Gasteiger partial charge on any atom is 0.348 e. The standard InChI is InChI=1S/C31H43N7O5/c1-4-6-11-23(5-2)21-43-28(40)25(20-32)19-24-12-14-26(15-13-24)36-30(41)33-16-9-7-8-10-17-34-31(42)38-29-35-22(3)18-27(39)37-29/h12-15,18-19,23H,4-11,16-17,21H2,1-3H3,(H2,33,36,41)(H3,34,35,37,38,39,42). The summed E-state index contributed by atoms with van der Waals surface area (Å²) >= 11 is 0. The van der Waals surface area contributed by atoms with Gasteiger partial charge in [0.05, 0.1) is 6.61 Å². The molecule has 232 valence electrons. The molecule has 1 unspecified atom stereocenters. The number of nitrogens with one attached hydrogen (secondary N) is 5. The van der Waals surface area contributed by atoms with Crippen molar-refractivity contribution in [3.8, 4) is 6.07 Å². The lowest BCUT2D eigenvalue weighted by atomic mass is 10.0. The highest BCUT2D eigenvalue weighted by atomic mass is 16.5. The second-order valence-electron chi connectivity index (χ2n) is 10.2. The molecule has 0 bridgehead atoms. The fourth-order valence-corrected chi connectivity index (χ4v) is 4.11. The minimum atomic E-state index is -0.630. The van der Waals surface area contributed by atoms with Gasteiger partial charge in [-0.2, -0.15) is 5.26 Å². The number of hydrogen-bond acceptors (Lipinski definition) is 7. The van der Waals surface area contributed by atoms with Crippen LogP contribution in [-0.2, 0) is 9.53 Å². The summed E-state index contributed by atoms with van der Waals surface area (Å²) in [6, 6.07) is 9.29. The number of carbonyl (C=O) groups excluding carboxylic acids is 3. The molecule has 1 heterocycles. The average Bonchev–Trinajstić information content (AvgIpc) is 2.97. The molecule has 1 aromatic heterocycles. The first kappa shape index (κ1) is 34.5. The lowest BCUT2D eigenvalue weighted by molar-refractivity contribution is -0.139. The normalized spacial score (nSPS) is 11.6. The van der Waals surface area contributed by atoms with Gasteiger partial charge in [0.15, 0.2) is 0 Å². The minimum Gasteiger partial charge on any atom is -0.461 e. The van der Waals surface area contributed by atoms with Gasteiger partial charge in [-0.1, -0.05) is 58.1 Å². The van der Waals surface area contributed by atoms with Crippen LogP contribution in [-0.4, -0.2) is 47.7 Å². The molecule has 1 atom stereocenters. The van der Waals surface area contributed by atoms with E-state index < -0.39 is 12.0 Å². The van der Waals surface area contributed by atoms with Gasteiger partial charge in [0.2, 0.25) is 5.95 Å².